The Morgan fingerprint density at radius 2 is 2.31 bits per heavy atom. The van der Waals surface area contributed by atoms with Crippen LogP contribution in [0.5, 0.6) is 0 Å². The first-order valence-corrected chi connectivity index (χ1v) is 6.18. The minimum atomic E-state index is 0.454. The Morgan fingerprint density at radius 1 is 1.50 bits per heavy atom. The largest absolute Gasteiger partial charge is 0.448 e. The molecule has 1 heterocycles. The smallest absolute Gasteiger partial charge is 0.193 e. The molecule has 0 saturated carbocycles. The van der Waals surface area contributed by atoms with Crippen molar-refractivity contribution in [1.29, 1.82) is 0 Å². The van der Waals surface area contributed by atoms with Crippen LogP contribution in [-0.4, -0.2) is 6.04 Å². The predicted molar refractivity (Wildman–Crippen MR) is 68.7 cm³/mol. The van der Waals surface area contributed by atoms with Gasteiger partial charge in [0.15, 0.2) is 5.22 Å². The van der Waals surface area contributed by atoms with Crippen molar-refractivity contribution in [2.24, 2.45) is 0 Å². The summed E-state index contributed by atoms with van der Waals surface area (Å²) in [4.78, 5) is 0. The zero-order valence-electron chi connectivity index (χ0n) is 9.84. The summed E-state index contributed by atoms with van der Waals surface area (Å²) in [5.74, 6) is 0.892. The van der Waals surface area contributed by atoms with Gasteiger partial charge in [-0.1, -0.05) is 12.5 Å². The van der Waals surface area contributed by atoms with Crippen LogP contribution in [0.25, 0.3) is 0 Å². The van der Waals surface area contributed by atoms with Gasteiger partial charge in [-0.15, -0.1) is 6.58 Å². The first kappa shape index (κ1) is 13.3. The molecule has 0 radical (unpaired) electrons. The van der Waals surface area contributed by atoms with Crippen molar-refractivity contribution in [2.45, 2.75) is 45.2 Å². The topological polar surface area (TPSA) is 25.2 Å². The van der Waals surface area contributed by atoms with E-state index in [-0.39, 0.29) is 0 Å². The average Bonchev–Trinajstić information content (AvgIpc) is 2.68. The van der Waals surface area contributed by atoms with Crippen molar-refractivity contribution < 1.29 is 4.42 Å². The summed E-state index contributed by atoms with van der Waals surface area (Å²) in [5, 5.41) is 3.87. The second kappa shape index (κ2) is 7.53. The van der Waals surface area contributed by atoms with E-state index in [1.54, 1.807) is 6.07 Å². The van der Waals surface area contributed by atoms with Crippen molar-refractivity contribution >= 4 is 11.6 Å². The monoisotopic (exact) mass is 241 g/mol. The molecule has 0 fully saturated rings. The molecular formula is C13H20ClNO. The number of hydrogen-bond acceptors (Lipinski definition) is 2. The highest BCUT2D eigenvalue weighted by atomic mass is 35.5. The van der Waals surface area contributed by atoms with Crippen LogP contribution in [0.4, 0.5) is 0 Å². The normalized spacial score (nSPS) is 12.6. The molecule has 16 heavy (non-hydrogen) atoms. The molecule has 1 N–H and O–H groups in total. The second-order valence-electron chi connectivity index (χ2n) is 4.06. The molecule has 2 nitrogen and oxygen atoms in total. The van der Waals surface area contributed by atoms with Crippen LogP contribution in [0.15, 0.2) is 29.2 Å². The van der Waals surface area contributed by atoms with Crippen molar-refractivity contribution in [3.05, 3.63) is 35.8 Å². The number of halogens is 1. The maximum atomic E-state index is 5.69. The van der Waals surface area contributed by atoms with Gasteiger partial charge in [-0.25, -0.2) is 0 Å². The highest BCUT2D eigenvalue weighted by Crippen LogP contribution is 2.13. The molecule has 1 aromatic heterocycles. The van der Waals surface area contributed by atoms with Crippen LogP contribution in [0.2, 0.25) is 5.22 Å². The third kappa shape index (κ3) is 5.38. The Balaban J connectivity index is 2.10. The first-order valence-electron chi connectivity index (χ1n) is 5.81. The second-order valence-corrected chi connectivity index (χ2v) is 4.43. The van der Waals surface area contributed by atoms with Gasteiger partial charge < -0.3 is 9.73 Å². The summed E-state index contributed by atoms with van der Waals surface area (Å²) in [6, 6.07) is 4.18. The molecule has 1 atom stereocenters. The molecule has 3 heteroatoms. The number of furan rings is 1. The lowest BCUT2D eigenvalue weighted by Gasteiger charge is -2.12. The summed E-state index contributed by atoms with van der Waals surface area (Å²) in [6.45, 7) is 6.65. The third-order valence-electron chi connectivity index (χ3n) is 2.55. The number of unbranched alkanes of at least 4 members (excludes halogenated alkanes) is 2. The maximum Gasteiger partial charge on any atom is 0.193 e. The molecule has 0 amide bonds. The predicted octanol–water partition coefficient (Wildman–Crippen LogP) is 4.16. The van der Waals surface area contributed by atoms with E-state index in [0.29, 0.717) is 11.3 Å². The van der Waals surface area contributed by atoms with Gasteiger partial charge in [-0.05, 0) is 49.9 Å². The minimum Gasteiger partial charge on any atom is -0.448 e. The lowest BCUT2D eigenvalue weighted by atomic mass is 10.1. The highest BCUT2D eigenvalue weighted by molar-refractivity contribution is 6.28. The van der Waals surface area contributed by atoms with Gasteiger partial charge >= 0.3 is 0 Å². The molecule has 0 aliphatic heterocycles. The zero-order chi connectivity index (χ0) is 11.8. The van der Waals surface area contributed by atoms with E-state index >= 15 is 0 Å². The van der Waals surface area contributed by atoms with Crippen LogP contribution >= 0.6 is 11.6 Å². The van der Waals surface area contributed by atoms with Crippen LogP contribution in [0.1, 0.15) is 38.4 Å². The van der Waals surface area contributed by atoms with Crippen LogP contribution in [-0.2, 0) is 6.54 Å². The van der Waals surface area contributed by atoms with Crippen LogP contribution in [0.3, 0.4) is 0 Å². The molecule has 0 aliphatic carbocycles. The summed E-state index contributed by atoms with van der Waals surface area (Å²) in [6.07, 6.45) is 6.73. The minimum absolute atomic E-state index is 0.454. The molecule has 1 rings (SSSR count). The zero-order valence-corrected chi connectivity index (χ0v) is 10.6. The number of hydrogen-bond donors (Lipinski definition) is 1. The number of rotatable bonds is 8. The Morgan fingerprint density at radius 3 is 2.94 bits per heavy atom. The van der Waals surface area contributed by atoms with Crippen molar-refractivity contribution in [2.75, 3.05) is 0 Å². The van der Waals surface area contributed by atoms with Crippen molar-refractivity contribution in [1.82, 2.24) is 5.32 Å². The first-order chi connectivity index (χ1) is 7.72. The maximum absolute atomic E-state index is 5.69. The average molecular weight is 242 g/mol. The summed E-state index contributed by atoms with van der Waals surface area (Å²) in [7, 11) is 0. The Labute approximate surface area is 103 Å². The van der Waals surface area contributed by atoms with Gasteiger partial charge in [0, 0.05) is 6.04 Å². The fourth-order valence-corrected chi connectivity index (χ4v) is 1.72. The lowest BCUT2D eigenvalue weighted by Crippen LogP contribution is -2.25. The summed E-state index contributed by atoms with van der Waals surface area (Å²) in [5.41, 5.74) is 0. The lowest BCUT2D eigenvalue weighted by molar-refractivity contribution is 0.436. The molecule has 0 saturated heterocycles. The quantitative estimate of drug-likeness (QED) is 0.546. The Bertz CT molecular complexity index is 309. The fourth-order valence-electron chi connectivity index (χ4n) is 1.56. The number of allylic oxidation sites excluding steroid dienone is 1. The van der Waals surface area contributed by atoms with Gasteiger partial charge in [0.2, 0.25) is 0 Å². The van der Waals surface area contributed by atoms with Gasteiger partial charge in [0.25, 0.3) is 0 Å². The van der Waals surface area contributed by atoms with Crippen LogP contribution < -0.4 is 5.32 Å². The molecular weight excluding hydrogens is 222 g/mol. The molecule has 0 spiro atoms. The molecule has 0 aliphatic rings. The third-order valence-corrected chi connectivity index (χ3v) is 2.75. The SMILES string of the molecule is C=CCCCCC(C)NCc1ccc(Cl)o1. The van der Waals surface area contributed by atoms with E-state index in [0.717, 1.165) is 18.7 Å². The molecule has 1 aromatic rings. The molecule has 1 unspecified atom stereocenters. The Kier molecular flexibility index (Phi) is 6.27. The van der Waals surface area contributed by atoms with E-state index in [4.69, 9.17) is 16.0 Å². The van der Waals surface area contributed by atoms with E-state index in [2.05, 4.69) is 18.8 Å². The van der Waals surface area contributed by atoms with Crippen LogP contribution in [0, 0.1) is 0 Å². The standard InChI is InChI=1S/C13H20ClNO/c1-3-4-5-6-7-11(2)15-10-12-8-9-13(14)16-12/h3,8-9,11,15H,1,4-7,10H2,2H3. The summed E-state index contributed by atoms with van der Waals surface area (Å²) < 4.78 is 5.27. The van der Waals surface area contributed by atoms with E-state index in [1.807, 2.05) is 12.1 Å². The van der Waals surface area contributed by atoms with E-state index in [1.165, 1.54) is 19.3 Å². The van der Waals surface area contributed by atoms with E-state index < -0.39 is 0 Å². The van der Waals surface area contributed by atoms with Crippen molar-refractivity contribution in [3.8, 4) is 0 Å². The van der Waals surface area contributed by atoms with Gasteiger partial charge in [0.05, 0.1) is 6.54 Å². The highest BCUT2D eigenvalue weighted by Gasteiger charge is 2.03. The molecule has 0 aromatic carbocycles. The molecule has 90 valence electrons. The van der Waals surface area contributed by atoms with E-state index in [9.17, 15) is 0 Å². The Hall–Kier alpha value is -0.730. The van der Waals surface area contributed by atoms with Gasteiger partial charge in [-0.2, -0.15) is 0 Å². The summed E-state index contributed by atoms with van der Waals surface area (Å²) >= 11 is 5.69. The van der Waals surface area contributed by atoms with Gasteiger partial charge in [-0.3, -0.25) is 0 Å². The number of nitrogens with one attached hydrogen (secondary N) is 1. The van der Waals surface area contributed by atoms with Crippen molar-refractivity contribution in [3.63, 3.8) is 0 Å². The van der Waals surface area contributed by atoms with Gasteiger partial charge in [0.1, 0.15) is 5.76 Å². The molecule has 0 bridgehead atoms. The fraction of sp³-hybridized carbons (Fsp3) is 0.538.